The molecule has 4 N–H and O–H groups in total. The van der Waals surface area contributed by atoms with Gasteiger partial charge >= 0.3 is 5.97 Å². The number of aliphatic carboxylic acids is 1. The molecule has 2 unspecified atom stereocenters. The van der Waals surface area contributed by atoms with Crippen molar-refractivity contribution in [1.29, 1.82) is 0 Å². The number of thiophene rings is 1. The van der Waals surface area contributed by atoms with Crippen molar-refractivity contribution >= 4 is 27.4 Å². The number of carbonyl (C=O) groups is 1. The van der Waals surface area contributed by atoms with Crippen LogP contribution < -0.4 is 0 Å². The van der Waals surface area contributed by atoms with Gasteiger partial charge in [-0.25, -0.2) is 0 Å². The van der Waals surface area contributed by atoms with Crippen molar-refractivity contribution in [3.63, 3.8) is 0 Å². The van der Waals surface area contributed by atoms with Gasteiger partial charge in [0.2, 0.25) is 0 Å². The van der Waals surface area contributed by atoms with Crippen molar-refractivity contribution in [2.75, 3.05) is 0 Å². The van der Waals surface area contributed by atoms with Crippen LogP contribution in [0, 0.1) is 11.8 Å². The van der Waals surface area contributed by atoms with E-state index in [4.69, 9.17) is 5.11 Å². The molecule has 0 aliphatic heterocycles. The molecule has 160 valence electrons. The zero-order chi connectivity index (χ0) is 20.8. The minimum Gasteiger partial charge on any atom is -0.481 e. The molecule has 0 amide bonds. The van der Waals surface area contributed by atoms with Gasteiger partial charge in [-0.1, -0.05) is 25.3 Å². The second-order valence-electron chi connectivity index (χ2n) is 8.36. The normalized spacial score (nSPS) is 25.5. The van der Waals surface area contributed by atoms with Gasteiger partial charge in [0.05, 0.1) is 18.3 Å². The Morgan fingerprint density at radius 3 is 2.52 bits per heavy atom. The molecule has 1 aliphatic carbocycles. The molecule has 1 fully saturated rings. The maximum atomic E-state index is 10.6. The minimum absolute atomic E-state index is 0.00329. The fraction of sp³-hybridized carbons (Fsp3) is 0.609. The average Bonchev–Trinajstić information content (AvgIpc) is 3.25. The monoisotopic (exact) mass is 420 g/mol. The molecule has 2 aromatic rings. The molecule has 1 saturated carbocycles. The Kier molecular flexibility index (Phi) is 8.07. The molecule has 29 heavy (non-hydrogen) atoms. The number of rotatable bonds is 11. The fourth-order valence-electron chi connectivity index (χ4n) is 4.70. The Morgan fingerprint density at radius 2 is 1.76 bits per heavy atom. The van der Waals surface area contributed by atoms with Crippen LogP contribution in [-0.2, 0) is 4.79 Å². The Morgan fingerprint density at radius 1 is 1.03 bits per heavy atom. The van der Waals surface area contributed by atoms with E-state index in [1.807, 2.05) is 23.6 Å². The lowest BCUT2D eigenvalue weighted by Gasteiger charge is -2.24. The number of carboxylic acids is 1. The molecule has 5 nitrogen and oxygen atoms in total. The summed E-state index contributed by atoms with van der Waals surface area (Å²) in [6, 6.07) is 8.10. The largest absolute Gasteiger partial charge is 0.481 e. The lowest BCUT2D eigenvalue weighted by atomic mass is 9.84. The highest BCUT2D eigenvalue weighted by atomic mass is 32.1. The molecule has 1 aromatic heterocycles. The first-order chi connectivity index (χ1) is 14.0. The third-order valence-electron chi connectivity index (χ3n) is 6.33. The van der Waals surface area contributed by atoms with Gasteiger partial charge in [0.15, 0.2) is 0 Å². The molecule has 5 atom stereocenters. The molecule has 0 radical (unpaired) electrons. The van der Waals surface area contributed by atoms with E-state index in [9.17, 15) is 20.1 Å². The van der Waals surface area contributed by atoms with E-state index in [1.165, 1.54) is 4.70 Å². The summed E-state index contributed by atoms with van der Waals surface area (Å²) in [7, 11) is 0. The van der Waals surface area contributed by atoms with Crippen LogP contribution in [0.4, 0.5) is 0 Å². The first kappa shape index (κ1) is 22.2. The maximum absolute atomic E-state index is 10.6. The highest BCUT2D eigenvalue weighted by Gasteiger charge is 2.40. The second kappa shape index (κ2) is 10.5. The van der Waals surface area contributed by atoms with E-state index >= 15 is 0 Å². The second-order valence-corrected chi connectivity index (χ2v) is 9.30. The van der Waals surface area contributed by atoms with Crippen molar-refractivity contribution in [2.45, 2.75) is 76.1 Å². The Hall–Kier alpha value is -1.47. The van der Waals surface area contributed by atoms with Gasteiger partial charge in [-0.05, 0) is 78.5 Å². The molecular weight excluding hydrogens is 388 g/mol. The van der Waals surface area contributed by atoms with Crippen LogP contribution in [0.1, 0.15) is 69.5 Å². The molecule has 0 saturated heterocycles. The van der Waals surface area contributed by atoms with Gasteiger partial charge in [-0.3, -0.25) is 4.79 Å². The quantitative estimate of drug-likeness (QED) is 0.401. The van der Waals surface area contributed by atoms with Gasteiger partial charge in [0, 0.05) is 11.1 Å². The topological polar surface area (TPSA) is 98.0 Å². The first-order valence-corrected chi connectivity index (χ1v) is 11.6. The zero-order valence-electron chi connectivity index (χ0n) is 16.7. The van der Waals surface area contributed by atoms with Crippen LogP contribution >= 0.6 is 11.3 Å². The van der Waals surface area contributed by atoms with Crippen molar-refractivity contribution in [3.8, 4) is 0 Å². The van der Waals surface area contributed by atoms with Crippen molar-refractivity contribution in [3.05, 3.63) is 35.2 Å². The van der Waals surface area contributed by atoms with Crippen LogP contribution in [0.3, 0.4) is 0 Å². The van der Waals surface area contributed by atoms with Gasteiger partial charge in [-0.2, -0.15) is 0 Å². The van der Waals surface area contributed by atoms with Gasteiger partial charge < -0.3 is 20.4 Å². The van der Waals surface area contributed by atoms with E-state index in [0.717, 1.165) is 36.6 Å². The van der Waals surface area contributed by atoms with E-state index < -0.39 is 24.3 Å². The molecule has 1 heterocycles. The summed E-state index contributed by atoms with van der Waals surface area (Å²) in [4.78, 5) is 10.6. The molecular formula is C23H32O5S. The standard InChI is InChI=1S/C23H32O5S/c24-19(15-7-10-22-16(13-15)11-12-29-22)9-8-18-17(20(25)14-21(18)26)5-3-1-2-4-6-23(27)28/h7,10-13,17-21,24-26H,1-6,8-9,14H2,(H,27,28)/t17?,18-,19?,20+,21-/m1/s1. The van der Waals surface area contributed by atoms with Crippen LogP contribution in [0.15, 0.2) is 29.6 Å². The molecule has 3 rings (SSSR count). The van der Waals surface area contributed by atoms with E-state index in [2.05, 4.69) is 6.07 Å². The van der Waals surface area contributed by atoms with Gasteiger partial charge in [0.25, 0.3) is 0 Å². The SMILES string of the molecule is O=C(O)CCCCCCC1[C@@H](CCC(O)c2ccc3sccc3c2)[C@H](O)C[C@@H]1O. The Labute approximate surface area is 176 Å². The highest BCUT2D eigenvalue weighted by molar-refractivity contribution is 7.17. The number of benzene rings is 1. The molecule has 6 heteroatoms. The summed E-state index contributed by atoms with van der Waals surface area (Å²) in [5.41, 5.74) is 0.902. The predicted molar refractivity (Wildman–Crippen MR) is 115 cm³/mol. The van der Waals surface area contributed by atoms with Crippen LogP contribution in [0.5, 0.6) is 0 Å². The van der Waals surface area contributed by atoms with E-state index in [-0.39, 0.29) is 18.3 Å². The summed E-state index contributed by atoms with van der Waals surface area (Å²) < 4.78 is 1.21. The maximum Gasteiger partial charge on any atom is 0.303 e. The van der Waals surface area contributed by atoms with Crippen LogP contribution in [0.2, 0.25) is 0 Å². The Bertz CT molecular complexity index is 788. The lowest BCUT2D eigenvalue weighted by molar-refractivity contribution is -0.137. The molecule has 0 spiro atoms. The number of fused-ring (bicyclic) bond motifs is 1. The molecule has 1 aromatic carbocycles. The molecule has 1 aliphatic rings. The lowest BCUT2D eigenvalue weighted by Crippen LogP contribution is -2.23. The van der Waals surface area contributed by atoms with Crippen LogP contribution in [-0.4, -0.2) is 38.6 Å². The fourth-order valence-corrected chi connectivity index (χ4v) is 5.47. The van der Waals surface area contributed by atoms with Crippen molar-refractivity contribution in [2.24, 2.45) is 11.8 Å². The number of aliphatic hydroxyl groups is 3. The van der Waals surface area contributed by atoms with Crippen molar-refractivity contribution < 1.29 is 25.2 Å². The van der Waals surface area contributed by atoms with E-state index in [1.54, 1.807) is 11.3 Å². The summed E-state index contributed by atoms with van der Waals surface area (Å²) in [5, 5.41) is 43.3. The highest BCUT2D eigenvalue weighted by Crippen LogP contribution is 2.40. The summed E-state index contributed by atoms with van der Waals surface area (Å²) in [6.45, 7) is 0. The first-order valence-electron chi connectivity index (χ1n) is 10.7. The van der Waals surface area contributed by atoms with E-state index in [0.29, 0.717) is 25.7 Å². The third kappa shape index (κ3) is 6.01. The zero-order valence-corrected chi connectivity index (χ0v) is 17.6. The molecule has 0 bridgehead atoms. The summed E-state index contributed by atoms with van der Waals surface area (Å²) >= 11 is 1.68. The number of unbranched alkanes of at least 4 members (excludes halogenated alkanes) is 3. The van der Waals surface area contributed by atoms with Crippen molar-refractivity contribution in [1.82, 2.24) is 0 Å². The smallest absolute Gasteiger partial charge is 0.303 e. The van der Waals surface area contributed by atoms with Crippen LogP contribution in [0.25, 0.3) is 10.1 Å². The van der Waals surface area contributed by atoms with Gasteiger partial charge in [0.1, 0.15) is 0 Å². The number of carboxylic acid groups (broad SMARTS) is 1. The Balaban J connectivity index is 1.48. The number of hydrogen-bond donors (Lipinski definition) is 4. The minimum atomic E-state index is -0.754. The van der Waals surface area contributed by atoms with Gasteiger partial charge in [-0.15, -0.1) is 11.3 Å². The predicted octanol–water partition coefficient (Wildman–Crippen LogP) is 4.50. The number of hydrogen-bond acceptors (Lipinski definition) is 5. The third-order valence-corrected chi connectivity index (χ3v) is 7.23. The summed E-state index contributed by atoms with van der Waals surface area (Å²) in [6.07, 6.45) is 4.58. The average molecular weight is 421 g/mol. The number of aliphatic hydroxyl groups excluding tert-OH is 3. The summed E-state index contributed by atoms with van der Waals surface area (Å²) in [5.74, 6) is -0.698.